The van der Waals surface area contributed by atoms with Crippen molar-refractivity contribution in [3.8, 4) is 0 Å². The summed E-state index contributed by atoms with van der Waals surface area (Å²) < 4.78 is 0. The average molecular weight is 398 g/mol. The normalized spacial score (nSPS) is 27.0. The summed E-state index contributed by atoms with van der Waals surface area (Å²) >= 11 is 0. The number of primary amides is 1. The molecule has 1 aliphatic carbocycles. The second kappa shape index (κ2) is 7.94. The molecule has 1 saturated heterocycles. The molecule has 1 saturated carbocycles. The van der Waals surface area contributed by atoms with Gasteiger partial charge in [-0.25, -0.2) is 0 Å². The molecule has 1 unspecified atom stereocenters. The van der Waals surface area contributed by atoms with E-state index in [4.69, 9.17) is 5.73 Å². The second-order valence-electron chi connectivity index (χ2n) is 8.24. The SMILES string of the molecule is NC(=O)[C@H]1CCC[C@@H](NCc2ccc3c(c2)CN(C2CCC(=O)NC2=O)C3=O)C1. The highest BCUT2D eigenvalue weighted by atomic mass is 16.2. The van der Waals surface area contributed by atoms with Crippen molar-refractivity contribution < 1.29 is 19.2 Å². The summed E-state index contributed by atoms with van der Waals surface area (Å²) in [6.07, 6.45) is 4.26. The lowest BCUT2D eigenvalue weighted by Crippen LogP contribution is -2.52. The number of piperidine rings is 1. The fourth-order valence-electron chi connectivity index (χ4n) is 4.63. The van der Waals surface area contributed by atoms with Crippen LogP contribution in [0.1, 0.15) is 60.0 Å². The maximum absolute atomic E-state index is 12.7. The van der Waals surface area contributed by atoms with E-state index in [0.29, 0.717) is 25.1 Å². The number of benzene rings is 1. The Morgan fingerprint density at radius 3 is 2.79 bits per heavy atom. The maximum Gasteiger partial charge on any atom is 0.255 e. The molecular formula is C21H26N4O4. The standard InChI is InChI=1S/C21H26N4O4/c22-19(27)13-2-1-3-15(9-13)23-10-12-4-5-16-14(8-12)11-25(21(16)29)17-6-7-18(26)24-20(17)28/h4-5,8,13,15,17,23H,1-3,6-7,9-11H2,(H2,22,27)(H,24,26,28)/t13-,15+,17?/m0/s1. The minimum absolute atomic E-state index is 0.0547. The third-order valence-corrected chi connectivity index (χ3v) is 6.26. The number of hydrogen-bond acceptors (Lipinski definition) is 5. The van der Waals surface area contributed by atoms with E-state index in [2.05, 4.69) is 10.6 Å². The Kier molecular flexibility index (Phi) is 5.36. The Bertz CT molecular complexity index is 868. The monoisotopic (exact) mass is 398 g/mol. The molecule has 0 spiro atoms. The zero-order valence-electron chi connectivity index (χ0n) is 16.3. The molecule has 29 heavy (non-hydrogen) atoms. The van der Waals surface area contributed by atoms with Crippen LogP contribution >= 0.6 is 0 Å². The van der Waals surface area contributed by atoms with Crippen LogP contribution in [0.2, 0.25) is 0 Å². The van der Waals surface area contributed by atoms with Crippen molar-refractivity contribution in [1.82, 2.24) is 15.5 Å². The number of hydrogen-bond donors (Lipinski definition) is 3. The summed E-state index contributed by atoms with van der Waals surface area (Å²) in [6, 6.07) is 5.40. The summed E-state index contributed by atoms with van der Waals surface area (Å²) in [5, 5.41) is 5.82. The Hall–Kier alpha value is -2.74. The van der Waals surface area contributed by atoms with Gasteiger partial charge in [-0.05, 0) is 42.9 Å². The highest BCUT2D eigenvalue weighted by molar-refractivity contribution is 6.05. The van der Waals surface area contributed by atoms with Crippen LogP contribution < -0.4 is 16.4 Å². The molecule has 3 atom stereocenters. The molecule has 8 heteroatoms. The first kappa shape index (κ1) is 19.6. The number of carbonyl (C=O) groups is 4. The number of fused-ring (bicyclic) bond motifs is 1. The van der Waals surface area contributed by atoms with Gasteiger partial charge in [0.2, 0.25) is 17.7 Å². The van der Waals surface area contributed by atoms with Crippen molar-refractivity contribution in [2.45, 2.75) is 63.7 Å². The van der Waals surface area contributed by atoms with Gasteiger partial charge in [-0.2, -0.15) is 0 Å². The van der Waals surface area contributed by atoms with Crippen LogP contribution in [0.4, 0.5) is 0 Å². The van der Waals surface area contributed by atoms with Crippen LogP contribution in [0.25, 0.3) is 0 Å². The minimum atomic E-state index is -0.595. The van der Waals surface area contributed by atoms with Gasteiger partial charge in [0, 0.05) is 37.0 Å². The van der Waals surface area contributed by atoms with Gasteiger partial charge in [-0.15, -0.1) is 0 Å². The summed E-state index contributed by atoms with van der Waals surface area (Å²) in [4.78, 5) is 49.3. The number of imide groups is 1. The van der Waals surface area contributed by atoms with Gasteiger partial charge in [0.1, 0.15) is 6.04 Å². The molecule has 0 radical (unpaired) electrons. The molecule has 1 aromatic carbocycles. The van der Waals surface area contributed by atoms with Crippen molar-refractivity contribution in [2.24, 2.45) is 11.7 Å². The van der Waals surface area contributed by atoms with Crippen molar-refractivity contribution in [3.05, 3.63) is 34.9 Å². The van der Waals surface area contributed by atoms with E-state index in [-0.39, 0.29) is 36.1 Å². The van der Waals surface area contributed by atoms with Gasteiger partial charge < -0.3 is 16.0 Å². The van der Waals surface area contributed by atoms with Crippen LogP contribution in [0, 0.1) is 5.92 Å². The fraction of sp³-hybridized carbons (Fsp3) is 0.524. The zero-order valence-corrected chi connectivity index (χ0v) is 16.3. The highest BCUT2D eigenvalue weighted by Gasteiger charge is 2.39. The first-order chi connectivity index (χ1) is 13.9. The van der Waals surface area contributed by atoms with Gasteiger partial charge >= 0.3 is 0 Å². The molecule has 154 valence electrons. The number of carbonyl (C=O) groups excluding carboxylic acids is 4. The Morgan fingerprint density at radius 2 is 2.03 bits per heavy atom. The molecule has 2 aliphatic heterocycles. The Balaban J connectivity index is 1.39. The number of amides is 4. The molecule has 4 N–H and O–H groups in total. The lowest BCUT2D eigenvalue weighted by molar-refractivity contribution is -0.137. The Labute approximate surface area is 169 Å². The van der Waals surface area contributed by atoms with Crippen LogP contribution in [0.15, 0.2) is 18.2 Å². The first-order valence-electron chi connectivity index (χ1n) is 10.2. The van der Waals surface area contributed by atoms with Crippen molar-refractivity contribution in [1.29, 1.82) is 0 Å². The predicted octanol–water partition coefficient (Wildman–Crippen LogP) is 0.581. The zero-order chi connectivity index (χ0) is 20.5. The minimum Gasteiger partial charge on any atom is -0.369 e. The van der Waals surface area contributed by atoms with E-state index in [0.717, 1.165) is 36.8 Å². The molecular weight excluding hydrogens is 372 g/mol. The van der Waals surface area contributed by atoms with E-state index in [1.807, 2.05) is 18.2 Å². The van der Waals surface area contributed by atoms with Gasteiger partial charge in [0.15, 0.2) is 0 Å². The van der Waals surface area contributed by atoms with E-state index in [1.165, 1.54) is 0 Å². The molecule has 4 rings (SSSR count). The fourth-order valence-corrected chi connectivity index (χ4v) is 4.63. The van der Waals surface area contributed by atoms with Gasteiger partial charge in [0.05, 0.1) is 0 Å². The van der Waals surface area contributed by atoms with E-state index in [9.17, 15) is 19.2 Å². The van der Waals surface area contributed by atoms with Crippen LogP contribution in [0.5, 0.6) is 0 Å². The van der Waals surface area contributed by atoms with E-state index < -0.39 is 11.9 Å². The van der Waals surface area contributed by atoms with Gasteiger partial charge in [-0.3, -0.25) is 24.5 Å². The highest BCUT2D eigenvalue weighted by Crippen LogP contribution is 2.29. The molecule has 3 aliphatic rings. The van der Waals surface area contributed by atoms with Crippen molar-refractivity contribution in [2.75, 3.05) is 0 Å². The largest absolute Gasteiger partial charge is 0.369 e. The van der Waals surface area contributed by atoms with Gasteiger partial charge in [-0.1, -0.05) is 18.6 Å². The molecule has 2 fully saturated rings. The summed E-state index contributed by atoms with van der Waals surface area (Å²) in [7, 11) is 0. The van der Waals surface area contributed by atoms with E-state index >= 15 is 0 Å². The molecule has 8 nitrogen and oxygen atoms in total. The molecule has 4 amide bonds. The van der Waals surface area contributed by atoms with Crippen LogP contribution in [0.3, 0.4) is 0 Å². The number of nitrogens with one attached hydrogen (secondary N) is 2. The quantitative estimate of drug-likeness (QED) is 0.627. The molecule has 0 aromatic heterocycles. The third kappa shape index (κ3) is 4.03. The van der Waals surface area contributed by atoms with Gasteiger partial charge in [0.25, 0.3) is 5.91 Å². The van der Waals surface area contributed by atoms with Crippen molar-refractivity contribution in [3.63, 3.8) is 0 Å². The maximum atomic E-state index is 12.7. The van der Waals surface area contributed by atoms with Crippen LogP contribution in [-0.4, -0.2) is 40.6 Å². The lowest BCUT2D eigenvalue weighted by atomic mass is 9.85. The third-order valence-electron chi connectivity index (χ3n) is 6.26. The number of rotatable bonds is 5. The molecule has 1 aromatic rings. The molecule has 2 heterocycles. The summed E-state index contributed by atoms with van der Waals surface area (Å²) in [5.41, 5.74) is 8.03. The van der Waals surface area contributed by atoms with Crippen molar-refractivity contribution >= 4 is 23.6 Å². The lowest BCUT2D eigenvalue weighted by Gasteiger charge is -2.29. The van der Waals surface area contributed by atoms with E-state index in [1.54, 1.807) is 4.90 Å². The number of nitrogens with two attached hydrogens (primary N) is 1. The summed E-state index contributed by atoms with van der Waals surface area (Å²) in [6.45, 7) is 1.03. The second-order valence-corrected chi connectivity index (χ2v) is 8.24. The van der Waals surface area contributed by atoms with Crippen LogP contribution in [-0.2, 0) is 27.5 Å². The topological polar surface area (TPSA) is 122 Å². The number of nitrogens with zero attached hydrogens (tertiary/aromatic N) is 1. The smallest absolute Gasteiger partial charge is 0.255 e. The molecule has 0 bridgehead atoms. The summed E-state index contributed by atoms with van der Waals surface area (Å²) in [5.74, 6) is -1.12. The average Bonchev–Trinajstić information content (AvgIpc) is 3.02. The predicted molar refractivity (Wildman–Crippen MR) is 104 cm³/mol. The first-order valence-corrected chi connectivity index (χ1v) is 10.2. The Morgan fingerprint density at radius 1 is 1.21 bits per heavy atom.